The van der Waals surface area contributed by atoms with Crippen LogP contribution in [0.1, 0.15) is 28.3 Å². The lowest BCUT2D eigenvalue weighted by Gasteiger charge is -2.39. The molecule has 0 amide bonds. The van der Waals surface area contributed by atoms with Gasteiger partial charge in [0.1, 0.15) is 0 Å². The lowest BCUT2D eigenvalue weighted by Crippen LogP contribution is -2.36. The molecular weight excluding hydrogens is 304 g/mol. The number of benzene rings is 3. The van der Waals surface area contributed by atoms with Crippen molar-refractivity contribution in [1.82, 2.24) is 0 Å². The Morgan fingerprint density at radius 2 is 1.60 bits per heavy atom. The number of rotatable bonds is 3. The van der Waals surface area contributed by atoms with Crippen LogP contribution in [0.15, 0.2) is 78.9 Å². The molecule has 4 rings (SSSR count). The summed E-state index contributed by atoms with van der Waals surface area (Å²) in [5.41, 5.74) is 6.13. The van der Waals surface area contributed by atoms with Gasteiger partial charge in [0, 0.05) is 12.2 Å². The third kappa shape index (κ3) is 3.14. The predicted octanol–water partition coefficient (Wildman–Crippen LogP) is 4.90. The van der Waals surface area contributed by atoms with Gasteiger partial charge in [0.25, 0.3) is 0 Å². The number of nitriles is 1. The Morgan fingerprint density at radius 3 is 2.36 bits per heavy atom. The van der Waals surface area contributed by atoms with Gasteiger partial charge < -0.3 is 4.90 Å². The quantitative estimate of drug-likeness (QED) is 0.685. The lowest BCUT2D eigenvalue weighted by atomic mass is 9.88. The van der Waals surface area contributed by atoms with Crippen LogP contribution in [0, 0.1) is 11.3 Å². The van der Waals surface area contributed by atoms with Crippen LogP contribution in [0.5, 0.6) is 0 Å². The van der Waals surface area contributed by atoms with Crippen LogP contribution in [0.25, 0.3) is 0 Å². The third-order valence-corrected chi connectivity index (χ3v) is 5.01. The molecule has 0 spiro atoms. The lowest BCUT2D eigenvalue weighted by molar-refractivity contribution is 0.579. The highest BCUT2D eigenvalue weighted by Crippen LogP contribution is 2.35. The van der Waals surface area contributed by atoms with Gasteiger partial charge in [-0.1, -0.05) is 54.6 Å². The van der Waals surface area contributed by atoms with Crippen molar-refractivity contribution in [2.75, 3.05) is 11.4 Å². The Hall–Kier alpha value is -3.05. The minimum absolute atomic E-state index is 0.320. The van der Waals surface area contributed by atoms with Gasteiger partial charge in [0.15, 0.2) is 0 Å². The molecule has 2 nitrogen and oxygen atoms in total. The van der Waals surface area contributed by atoms with E-state index in [0.29, 0.717) is 11.6 Å². The van der Waals surface area contributed by atoms with Gasteiger partial charge in [-0.3, -0.25) is 0 Å². The van der Waals surface area contributed by atoms with Crippen molar-refractivity contribution < 1.29 is 0 Å². The van der Waals surface area contributed by atoms with E-state index < -0.39 is 0 Å². The Balaban J connectivity index is 1.71. The van der Waals surface area contributed by atoms with Gasteiger partial charge >= 0.3 is 0 Å². The molecule has 2 heteroatoms. The molecule has 0 aliphatic carbocycles. The van der Waals surface area contributed by atoms with E-state index in [2.05, 4.69) is 77.7 Å². The minimum atomic E-state index is 0.320. The van der Waals surface area contributed by atoms with Gasteiger partial charge in [0.2, 0.25) is 0 Å². The van der Waals surface area contributed by atoms with E-state index in [0.717, 1.165) is 19.4 Å². The molecular formula is C23H20N2. The van der Waals surface area contributed by atoms with E-state index in [1.807, 2.05) is 12.1 Å². The second kappa shape index (κ2) is 6.83. The van der Waals surface area contributed by atoms with Crippen molar-refractivity contribution in [3.63, 3.8) is 0 Å². The highest BCUT2D eigenvalue weighted by molar-refractivity contribution is 5.52. The van der Waals surface area contributed by atoms with E-state index in [1.165, 1.54) is 22.4 Å². The zero-order valence-electron chi connectivity index (χ0n) is 14.1. The number of anilines is 1. The predicted molar refractivity (Wildman–Crippen MR) is 102 cm³/mol. The van der Waals surface area contributed by atoms with E-state index >= 15 is 0 Å². The minimum Gasteiger partial charge on any atom is -0.364 e. The summed E-state index contributed by atoms with van der Waals surface area (Å²) < 4.78 is 0. The van der Waals surface area contributed by atoms with E-state index in [1.54, 1.807) is 0 Å². The van der Waals surface area contributed by atoms with Crippen molar-refractivity contribution in [2.45, 2.75) is 18.9 Å². The molecule has 1 aliphatic heterocycles. The Kier molecular flexibility index (Phi) is 4.23. The first kappa shape index (κ1) is 15.5. The van der Waals surface area contributed by atoms with E-state index in [9.17, 15) is 0 Å². The number of fused-ring (bicyclic) bond motifs is 1. The monoisotopic (exact) mass is 324 g/mol. The highest BCUT2D eigenvalue weighted by Gasteiger charge is 2.27. The fourth-order valence-corrected chi connectivity index (χ4v) is 3.74. The average Bonchev–Trinajstić information content (AvgIpc) is 2.69. The molecule has 25 heavy (non-hydrogen) atoms. The van der Waals surface area contributed by atoms with Crippen LogP contribution in [0.2, 0.25) is 0 Å². The molecule has 1 heterocycles. The number of para-hydroxylation sites is 1. The summed E-state index contributed by atoms with van der Waals surface area (Å²) in [4.78, 5) is 2.51. The third-order valence-electron chi connectivity index (χ3n) is 5.01. The van der Waals surface area contributed by atoms with E-state index in [-0.39, 0.29) is 0 Å². The standard InChI is InChI=1S/C23H20N2/c24-17-19-12-10-18(11-13-19)16-23-22-9-5-4-6-20(22)14-15-25(23)21-7-2-1-3-8-21/h1-13,23H,14-16H2/t23-/m0/s1. The summed E-state index contributed by atoms with van der Waals surface area (Å²) in [7, 11) is 0. The molecule has 122 valence electrons. The molecule has 0 bridgehead atoms. The summed E-state index contributed by atoms with van der Waals surface area (Å²) in [6.45, 7) is 1.03. The SMILES string of the molecule is N#Cc1ccc(C[C@H]2c3ccccc3CCN2c2ccccc2)cc1. The van der Waals surface area contributed by atoms with Gasteiger partial charge in [-0.25, -0.2) is 0 Å². The topological polar surface area (TPSA) is 27.0 Å². The normalized spacial score (nSPS) is 16.1. The van der Waals surface area contributed by atoms with Crippen molar-refractivity contribution in [2.24, 2.45) is 0 Å². The van der Waals surface area contributed by atoms with Crippen LogP contribution < -0.4 is 4.90 Å². The average molecular weight is 324 g/mol. The van der Waals surface area contributed by atoms with E-state index in [4.69, 9.17) is 5.26 Å². The number of hydrogen-bond donors (Lipinski definition) is 0. The van der Waals surface area contributed by atoms with Crippen molar-refractivity contribution in [3.8, 4) is 6.07 Å². The maximum atomic E-state index is 9.01. The van der Waals surface area contributed by atoms with Crippen molar-refractivity contribution in [3.05, 3.63) is 101 Å². The largest absolute Gasteiger partial charge is 0.364 e. The van der Waals surface area contributed by atoms with Crippen LogP contribution >= 0.6 is 0 Å². The molecule has 0 N–H and O–H groups in total. The fourth-order valence-electron chi connectivity index (χ4n) is 3.74. The molecule has 0 saturated heterocycles. The molecule has 3 aromatic rings. The van der Waals surface area contributed by atoms with Crippen LogP contribution in [-0.2, 0) is 12.8 Å². The maximum Gasteiger partial charge on any atom is 0.0991 e. The molecule has 3 aromatic carbocycles. The molecule has 0 fully saturated rings. The number of hydrogen-bond acceptors (Lipinski definition) is 2. The molecule has 1 aliphatic rings. The molecule has 0 unspecified atom stereocenters. The van der Waals surface area contributed by atoms with Crippen LogP contribution in [0.4, 0.5) is 5.69 Å². The second-order valence-corrected chi connectivity index (χ2v) is 6.51. The number of nitrogens with zero attached hydrogens (tertiary/aromatic N) is 2. The highest BCUT2D eigenvalue weighted by atomic mass is 15.2. The first-order chi connectivity index (χ1) is 12.3. The molecule has 0 radical (unpaired) electrons. The first-order valence-electron chi connectivity index (χ1n) is 8.74. The fraction of sp³-hybridized carbons (Fsp3) is 0.174. The molecule has 1 atom stereocenters. The van der Waals surface area contributed by atoms with Gasteiger partial charge in [-0.05, 0) is 53.8 Å². The summed E-state index contributed by atoms with van der Waals surface area (Å²) in [6, 6.07) is 30.0. The summed E-state index contributed by atoms with van der Waals surface area (Å²) in [6.07, 6.45) is 2.02. The van der Waals surface area contributed by atoms with Crippen molar-refractivity contribution in [1.29, 1.82) is 5.26 Å². The maximum absolute atomic E-state index is 9.01. The van der Waals surface area contributed by atoms with Crippen molar-refractivity contribution >= 4 is 5.69 Å². The molecule has 0 saturated carbocycles. The van der Waals surface area contributed by atoms with Gasteiger partial charge in [0.05, 0.1) is 17.7 Å². The Morgan fingerprint density at radius 1 is 0.880 bits per heavy atom. The Labute approximate surface area is 149 Å². The van der Waals surface area contributed by atoms with Gasteiger partial charge in [-0.2, -0.15) is 5.26 Å². The summed E-state index contributed by atoms with van der Waals surface area (Å²) >= 11 is 0. The smallest absolute Gasteiger partial charge is 0.0991 e. The summed E-state index contributed by atoms with van der Waals surface area (Å²) in [5.74, 6) is 0. The first-order valence-corrected chi connectivity index (χ1v) is 8.74. The molecule has 0 aromatic heterocycles. The van der Waals surface area contributed by atoms with Gasteiger partial charge in [-0.15, -0.1) is 0 Å². The Bertz CT molecular complexity index is 891. The zero-order valence-corrected chi connectivity index (χ0v) is 14.1. The van der Waals surface area contributed by atoms with Crippen LogP contribution in [-0.4, -0.2) is 6.54 Å². The second-order valence-electron chi connectivity index (χ2n) is 6.51. The summed E-state index contributed by atoms with van der Waals surface area (Å²) in [5, 5.41) is 9.01. The van der Waals surface area contributed by atoms with Crippen LogP contribution in [0.3, 0.4) is 0 Å². The zero-order chi connectivity index (χ0) is 17.1.